The molecule has 1 aromatic rings. The highest BCUT2D eigenvalue weighted by Gasteiger charge is 1.99. The first-order valence-corrected chi connectivity index (χ1v) is 5.62. The minimum absolute atomic E-state index is 0.728. The second-order valence-corrected chi connectivity index (χ2v) is 4.25. The molecule has 0 spiro atoms. The van der Waals surface area contributed by atoms with E-state index in [0.717, 1.165) is 37.7 Å². The Kier molecular flexibility index (Phi) is 5.25. The third-order valence-electron chi connectivity index (χ3n) is 2.11. The summed E-state index contributed by atoms with van der Waals surface area (Å²) in [6.07, 6.45) is 3.22. The third-order valence-corrected chi connectivity index (χ3v) is 2.11. The zero-order chi connectivity index (χ0) is 11.1. The number of nitrogens with one attached hydrogen (secondary N) is 1. The first-order valence-electron chi connectivity index (χ1n) is 5.62. The Labute approximate surface area is 91.2 Å². The maximum absolute atomic E-state index is 4.13. The topological polar surface area (TPSA) is 55.6 Å². The molecule has 1 aromatic heterocycles. The maximum atomic E-state index is 4.13. The lowest BCUT2D eigenvalue weighted by Crippen LogP contribution is -2.20. The van der Waals surface area contributed by atoms with Crippen LogP contribution in [0.1, 0.15) is 32.5 Å². The van der Waals surface area contributed by atoms with Crippen LogP contribution in [0.25, 0.3) is 0 Å². The molecule has 0 aromatic carbocycles. The van der Waals surface area contributed by atoms with E-state index in [-0.39, 0.29) is 0 Å². The molecule has 0 aliphatic carbocycles. The molecule has 0 amide bonds. The first-order chi connectivity index (χ1) is 7.18. The number of rotatable bonds is 7. The fourth-order valence-corrected chi connectivity index (χ4v) is 1.35. The van der Waals surface area contributed by atoms with Gasteiger partial charge in [-0.05, 0) is 37.1 Å². The van der Waals surface area contributed by atoms with Gasteiger partial charge in [0.1, 0.15) is 0 Å². The molecule has 1 rings (SSSR count). The summed E-state index contributed by atoms with van der Waals surface area (Å²) in [7, 11) is 1.79. The predicted molar refractivity (Wildman–Crippen MR) is 59.4 cm³/mol. The van der Waals surface area contributed by atoms with Crippen molar-refractivity contribution in [2.75, 3.05) is 13.1 Å². The van der Waals surface area contributed by atoms with Crippen LogP contribution in [-0.2, 0) is 13.5 Å². The highest BCUT2D eigenvalue weighted by Crippen LogP contribution is 1.96. The van der Waals surface area contributed by atoms with Crippen LogP contribution in [0.3, 0.4) is 0 Å². The number of hydrogen-bond donors (Lipinski definition) is 1. The van der Waals surface area contributed by atoms with Crippen LogP contribution in [0.4, 0.5) is 0 Å². The largest absolute Gasteiger partial charge is 0.316 e. The van der Waals surface area contributed by atoms with Gasteiger partial charge in [0.05, 0.1) is 7.05 Å². The van der Waals surface area contributed by atoms with Gasteiger partial charge in [-0.15, -0.1) is 10.2 Å². The molecule has 0 bridgehead atoms. The molecule has 1 N–H and O–H groups in total. The Morgan fingerprint density at radius 3 is 2.73 bits per heavy atom. The van der Waals surface area contributed by atoms with E-state index in [2.05, 4.69) is 34.6 Å². The SMILES string of the molecule is CC(C)CNCCCCc1nnn(C)n1. The summed E-state index contributed by atoms with van der Waals surface area (Å²) in [5.74, 6) is 1.58. The molecule has 1 heterocycles. The molecule has 0 saturated heterocycles. The maximum Gasteiger partial charge on any atom is 0.174 e. The van der Waals surface area contributed by atoms with E-state index >= 15 is 0 Å². The van der Waals surface area contributed by atoms with Crippen molar-refractivity contribution >= 4 is 0 Å². The summed E-state index contributed by atoms with van der Waals surface area (Å²) < 4.78 is 0. The summed E-state index contributed by atoms with van der Waals surface area (Å²) in [5, 5.41) is 15.3. The smallest absolute Gasteiger partial charge is 0.174 e. The predicted octanol–water partition coefficient (Wildman–Crippen LogP) is 0.778. The molecule has 0 aliphatic heterocycles. The molecular formula is C10H21N5. The molecule has 0 radical (unpaired) electrons. The Morgan fingerprint density at radius 1 is 1.33 bits per heavy atom. The lowest BCUT2D eigenvalue weighted by Gasteiger charge is -2.05. The van der Waals surface area contributed by atoms with Gasteiger partial charge in [0.25, 0.3) is 0 Å². The minimum Gasteiger partial charge on any atom is -0.316 e. The van der Waals surface area contributed by atoms with E-state index in [1.807, 2.05) is 0 Å². The van der Waals surface area contributed by atoms with E-state index in [1.165, 1.54) is 11.2 Å². The van der Waals surface area contributed by atoms with Crippen molar-refractivity contribution in [2.24, 2.45) is 13.0 Å². The molecule has 5 nitrogen and oxygen atoms in total. The third kappa shape index (κ3) is 5.47. The summed E-state index contributed by atoms with van der Waals surface area (Å²) in [4.78, 5) is 1.51. The number of aromatic nitrogens is 4. The van der Waals surface area contributed by atoms with Crippen LogP contribution >= 0.6 is 0 Å². The normalized spacial score (nSPS) is 11.2. The quantitative estimate of drug-likeness (QED) is 0.677. The van der Waals surface area contributed by atoms with Gasteiger partial charge in [-0.1, -0.05) is 13.8 Å². The van der Waals surface area contributed by atoms with Crippen LogP contribution in [-0.4, -0.2) is 33.3 Å². The molecule has 0 fully saturated rings. The number of tetrazole rings is 1. The summed E-state index contributed by atoms with van der Waals surface area (Å²) in [6.45, 7) is 6.62. The van der Waals surface area contributed by atoms with E-state index in [1.54, 1.807) is 7.05 Å². The molecule has 0 saturated carbocycles. The van der Waals surface area contributed by atoms with Gasteiger partial charge >= 0.3 is 0 Å². The Hall–Kier alpha value is -0.970. The van der Waals surface area contributed by atoms with Crippen molar-refractivity contribution in [1.82, 2.24) is 25.5 Å². The van der Waals surface area contributed by atoms with Crippen molar-refractivity contribution in [3.05, 3.63) is 5.82 Å². The standard InChI is InChI=1S/C10H21N5/c1-9(2)8-11-7-5-4-6-10-12-14-15(3)13-10/h9,11H,4-8H2,1-3H3. The van der Waals surface area contributed by atoms with Crippen LogP contribution in [0.15, 0.2) is 0 Å². The molecule has 0 atom stereocenters. The van der Waals surface area contributed by atoms with E-state index in [4.69, 9.17) is 0 Å². The summed E-state index contributed by atoms with van der Waals surface area (Å²) >= 11 is 0. The summed E-state index contributed by atoms with van der Waals surface area (Å²) in [5.41, 5.74) is 0. The van der Waals surface area contributed by atoms with Crippen LogP contribution in [0, 0.1) is 5.92 Å². The second kappa shape index (κ2) is 6.50. The number of nitrogens with zero attached hydrogens (tertiary/aromatic N) is 4. The van der Waals surface area contributed by atoms with Crippen LogP contribution in [0.2, 0.25) is 0 Å². The van der Waals surface area contributed by atoms with Gasteiger partial charge in [0.2, 0.25) is 0 Å². The molecule has 86 valence electrons. The fourth-order valence-electron chi connectivity index (χ4n) is 1.35. The number of aryl methyl sites for hydroxylation is 2. The van der Waals surface area contributed by atoms with Gasteiger partial charge in [-0.25, -0.2) is 0 Å². The van der Waals surface area contributed by atoms with Crippen molar-refractivity contribution in [2.45, 2.75) is 33.1 Å². The van der Waals surface area contributed by atoms with Gasteiger partial charge in [0.15, 0.2) is 5.82 Å². The molecule has 5 heteroatoms. The van der Waals surface area contributed by atoms with E-state index < -0.39 is 0 Å². The minimum atomic E-state index is 0.728. The monoisotopic (exact) mass is 211 g/mol. The van der Waals surface area contributed by atoms with Crippen molar-refractivity contribution < 1.29 is 0 Å². The number of unbranched alkanes of at least 4 members (excludes halogenated alkanes) is 1. The fraction of sp³-hybridized carbons (Fsp3) is 0.900. The van der Waals surface area contributed by atoms with Gasteiger partial charge in [-0.2, -0.15) is 4.80 Å². The lowest BCUT2D eigenvalue weighted by molar-refractivity contribution is 0.533. The average Bonchev–Trinajstić information content (AvgIpc) is 2.57. The Bertz CT molecular complexity index is 269. The van der Waals surface area contributed by atoms with Crippen molar-refractivity contribution in [3.63, 3.8) is 0 Å². The first kappa shape index (κ1) is 12.1. The lowest BCUT2D eigenvalue weighted by atomic mass is 10.2. The Balaban J connectivity index is 1.98. The molecule has 15 heavy (non-hydrogen) atoms. The molecule has 0 unspecified atom stereocenters. The summed E-state index contributed by atoms with van der Waals surface area (Å²) in [6, 6.07) is 0. The van der Waals surface area contributed by atoms with Gasteiger partial charge < -0.3 is 5.32 Å². The highest BCUT2D eigenvalue weighted by molar-refractivity contribution is 4.76. The number of hydrogen-bond acceptors (Lipinski definition) is 4. The van der Waals surface area contributed by atoms with Crippen molar-refractivity contribution in [3.8, 4) is 0 Å². The van der Waals surface area contributed by atoms with Gasteiger partial charge in [0, 0.05) is 6.42 Å². The highest BCUT2D eigenvalue weighted by atomic mass is 15.6. The van der Waals surface area contributed by atoms with Crippen LogP contribution < -0.4 is 5.32 Å². The average molecular weight is 211 g/mol. The molecular weight excluding hydrogens is 190 g/mol. The van der Waals surface area contributed by atoms with Crippen molar-refractivity contribution in [1.29, 1.82) is 0 Å². The zero-order valence-electron chi connectivity index (χ0n) is 9.90. The second-order valence-electron chi connectivity index (χ2n) is 4.25. The van der Waals surface area contributed by atoms with Crippen LogP contribution in [0.5, 0.6) is 0 Å². The van der Waals surface area contributed by atoms with E-state index in [0.29, 0.717) is 0 Å². The molecule has 0 aliphatic rings. The Morgan fingerprint density at radius 2 is 2.13 bits per heavy atom. The zero-order valence-corrected chi connectivity index (χ0v) is 9.90. The van der Waals surface area contributed by atoms with E-state index in [9.17, 15) is 0 Å². The van der Waals surface area contributed by atoms with Gasteiger partial charge in [-0.3, -0.25) is 0 Å².